The summed E-state index contributed by atoms with van der Waals surface area (Å²) in [6.45, 7) is 12.5. The average Bonchev–Trinajstić information content (AvgIpc) is 2.74. The first-order chi connectivity index (χ1) is 10.0. The Morgan fingerprint density at radius 3 is 2.62 bits per heavy atom. The Balaban J connectivity index is 1.95. The zero-order chi connectivity index (χ0) is 15.4. The second kappa shape index (κ2) is 7.04. The number of ether oxygens (including phenoxy) is 1. The van der Waals surface area contributed by atoms with E-state index in [4.69, 9.17) is 4.74 Å². The minimum Gasteiger partial charge on any atom is -0.379 e. The molecule has 1 aromatic rings. The first-order valence-corrected chi connectivity index (χ1v) is 7.66. The lowest BCUT2D eigenvalue weighted by Gasteiger charge is -2.26. The van der Waals surface area contributed by atoms with Crippen LogP contribution in [0.1, 0.15) is 36.8 Å². The Morgan fingerprint density at radius 2 is 2.05 bits per heavy atom. The van der Waals surface area contributed by atoms with E-state index in [1.54, 1.807) is 0 Å². The lowest BCUT2D eigenvalue weighted by atomic mass is 10.1. The number of hydrogen-bond acceptors (Lipinski definition) is 4. The summed E-state index contributed by atoms with van der Waals surface area (Å²) >= 11 is 0. The summed E-state index contributed by atoms with van der Waals surface area (Å²) < 4.78 is 7.28. The maximum atomic E-state index is 12.2. The highest BCUT2D eigenvalue weighted by Crippen LogP contribution is 2.21. The monoisotopic (exact) mass is 294 g/mol. The average molecular weight is 294 g/mol. The largest absolute Gasteiger partial charge is 0.379 e. The summed E-state index contributed by atoms with van der Waals surface area (Å²) in [5.41, 5.74) is 3.26. The molecular formula is C15H26N4O2. The molecule has 1 fully saturated rings. The van der Waals surface area contributed by atoms with Gasteiger partial charge in [-0.25, -0.2) is 0 Å². The van der Waals surface area contributed by atoms with Crippen molar-refractivity contribution in [1.29, 1.82) is 0 Å². The summed E-state index contributed by atoms with van der Waals surface area (Å²) in [7, 11) is 0. The van der Waals surface area contributed by atoms with E-state index in [9.17, 15) is 4.79 Å². The maximum Gasteiger partial charge on any atom is 0.234 e. The van der Waals surface area contributed by atoms with Crippen molar-refractivity contribution in [2.75, 3.05) is 32.8 Å². The highest BCUT2D eigenvalue weighted by Gasteiger charge is 2.20. The quantitative estimate of drug-likeness (QED) is 0.881. The number of rotatable bonds is 5. The fourth-order valence-corrected chi connectivity index (χ4v) is 2.97. The van der Waals surface area contributed by atoms with Gasteiger partial charge < -0.3 is 10.1 Å². The molecule has 1 amide bonds. The first-order valence-electron chi connectivity index (χ1n) is 7.66. The second-order valence-corrected chi connectivity index (χ2v) is 5.58. The van der Waals surface area contributed by atoms with Gasteiger partial charge in [-0.3, -0.25) is 14.4 Å². The van der Waals surface area contributed by atoms with E-state index < -0.39 is 0 Å². The van der Waals surface area contributed by atoms with Gasteiger partial charge in [-0.2, -0.15) is 5.10 Å². The molecule has 1 atom stereocenters. The lowest BCUT2D eigenvalue weighted by Crippen LogP contribution is -2.43. The fraction of sp³-hybridized carbons (Fsp3) is 0.733. The van der Waals surface area contributed by atoms with E-state index in [2.05, 4.69) is 29.2 Å². The number of morpholine rings is 1. The SMILES string of the molecule is CCn1nc(C)c([C@H](C)NC(=O)CN2CCOCC2)c1C. The topological polar surface area (TPSA) is 59.4 Å². The Bertz CT molecular complexity index is 492. The van der Waals surface area contributed by atoms with Crippen LogP contribution in [0.15, 0.2) is 0 Å². The zero-order valence-electron chi connectivity index (χ0n) is 13.5. The molecule has 1 N–H and O–H groups in total. The lowest BCUT2D eigenvalue weighted by molar-refractivity contribution is -0.123. The van der Waals surface area contributed by atoms with E-state index in [-0.39, 0.29) is 11.9 Å². The van der Waals surface area contributed by atoms with Gasteiger partial charge in [0.25, 0.3) is 0 Å². The summed E-state index contributed by atoms with van der Waals surface area (Å²) in [6.07, 6.45) is 0. The number of nitrogens with one attached hydrogen (secondary N) is 1. The molecule has 2 heterocycles. The smallest absolute Gasteiger partial charge is 0.234 e. The number of hydrogen-bond donors (Lipinski definition) is 1. The predicted molar refractivity (Wildman–Crippen MR) is 81.2 cm³/mol. The van der Waals surface area contributed by atoms with Gasteiger partial charge >= 0.3 is 0 Å². The number of carbonyl (C=O) groups is 1. The Morgan fingerprint density at radius 1 is 1.38 bits per heavy atom. The molecule has 0 saturated carbocycles. The molecule has 0 unspecified atom stereocenters. The third-order valence-electron chi connectivity index (χ3n) is 4.02. The highest BCUT2D eigenvalue weighted by atomic mass is 16.5. The van der Waals surface area contributed by atoms with Gasteiger partial charge in [0.15, 0.2) is 0 Å². The number of aromatic nitrogens is 2. The number of nitrogens with zero attached hydrogens (tertiary/aromatic N) is 3. The Labute approximate surface area is 126 Å². The summed E-state index contributed by atoms with van der Waals surface area (Å²) in [5.74, 6) is 0.0625. The van der Waals surface area contributed by atoms with Crippen LogP contribution >= 0.6 is 0 Å². The molecule has 118 valence electrons. The van der Waals surface area contributed by atoms with Crippen molar-refractivity contribution in [1.82, 2.24) is 20.0 Å². The van der Waals surface area contributed by atoms with E-state index in [1.165, 1.54) is 0 Å². The van der Waals surface area contributed by atoms with Crippen LogP contribution < -0.4 is 5.32 Å². The molecule has 0 radical (unpaired) electrons. The first kappa shape index (κ1) is 16.0. The second-order valence-electron chi connectivity index (χ2n) is 5.58. The van der Waals surface area contributed by atoms with Crippen molar-refractivity contribution in [3.05, 3.63) is 17.0 Å². The Kier molecular flexibility index (Phi) is 5.36. The van der Waals surface area contributed by atoms with E-state index in [1.807, 2.05) is 18.5 Å². The molecule has 0 spiro atoms. The number of amides is 1. The van der Waals surface area contributed by atoms with Crippen molar-refractivity contribution >= 4 is 5.91 Å². The normalized spacial score (nSPS) is 17.7. The molecule has 1 aliphatic heterocycles. The van der Waals surface area contributed by atoms with Crippen molar-refractivity contribution < 1.29 is 9.53 Å². The van der Waals surface area contributed by atoms with Crippen LogP contribution in [-0.2, 0) is 16.1 Å². The van der Waals surface area contributed by atoms with E-state index >= 15 is 0 Å². The standard InChI is InChI=1S/C15H26N4O2/c1-5-19-13(4)15(12(3)17-19)11(2)16-14(20)10-18-6-8-21-9-7-18/h11H,5-10H2,1-4H3,(H,16,20)/t11-/m0/s1. The molecule has 0 bridgehead atoms. The predicted octanol–water partition coefficient (Wildman–Crippen LogP) is 1.03. The van der Waals surface area contributed by atoms with Crippen molar-refractivity contribution in [3.63, 3.8) is 0 Å². The minimum atomic E-state index is -0.0150. The van der Waals surface area contributed by atoms with Crippen LogP contribution in [0.3, 0.4) is 0 Å². The molecular weight excluding hydrogens is 268 g/mol. The number of aryl methyl sites for hydroxylation is 2. The highest BCUT2D eigenvalue weighted by molar-refractivity contribution is 5.78. The van der Waals surface area contributed by atoms with Crippen molar-refractivity contribution in [3.8, 4) is 0 Å². The van der Waals surface area contributed by atoms with Crippen LogP contribution in [0.25, 0.3) is 0 Å². The van der Waals surface area contributed by atoms with Crippen LogP contribution in [-0.4, -0.2) is 53.4 Å². The molecule has 6 heteroatoms. The molecule has 1 aromatic heterocycles. The van der Waals surface area contributed by atoms with Crippen molar-refractivity contribution in [2.24, 2.45) is 0 Å². The van der Waals surface area contributed by atoms with Gasteiger partial charge in [-0.15, -0.1) is 0 Å². The third-order valence-corrected chi connectivity index (χ3v) is 4.02. The van der Waals surface area contributed by atoms with Gasteiger partial charge in [0.05, 0.1) is 31.5 Å². The van der Waals surface area contributed by atoms with Crippen molar-refractivity contribution in [2.45, 2.75) is 40.3 Å². The molecule has 6 nitrogen and oxygen atoms in total. The van der Waals surface area contributed by atoms with E-state index in [0.29, 0.717) is 19.8 Å². The van der Waals surface area contributed by atoms with Crippen LogP contribution in [0.5, 0.6) is 0 Å². The van der Waals surface area contributed by atoms with E-state index in [0.717, 1.165) is 36.6 Å². The molecule has 1 saturated heterocycles. The molecule has 0 aromatic carbocycles. The number of carbonyl (C=O) groups excluding carboxylic acids is 1. The zero-order valence-corrected chi connectivity index (χ0v) is 13.5. The maximum absolute atomic E-state index is 12.2. The van der Waals surface area contributed by atoms with Crippen LogP contribution in [0, 0.1) is 13.8 Å². The molecule has 1 aliphatic rings. The Hall–Kier alpha value is -1.40. The molecule has 0 aliphatic carbocycles. The summed E-state index contributed by atoms with van der Waals surface area (Å²) in [5, 5.41) is 7.60. The minimum absolute atomic E-state index is 0.0150. The summed E-state index contributed by atoms with van der Waals surface area (Å²) in [4.78, 5) is 14.3. The summed E-state index contributed by atoms with van der Waals surface area (Å²) in [6, 6.07) is -0.0150. The van der Waals surface area contributed by atoms with Gasteiger partial charge in [0, 0.05) is 30.9 Å². The van der Waals surface area contributed by atoms with Gasteiger partial charge in [-0.1, -0.05) is 0 Å². The van der Waals surface area contributed by atoms with Gasteiger partial charge in [0.2, 0.25) is 5.91 Å². The third kappa shape index (κ3) is 3.83. The van der Waals surface area contributed by atoms with Gasteiger partial charge in [-0.05, 0) is 27.7 Å². The fourth-order valence-electron chi connectivity index (χ4n) is 2.97. The van der Waals surface area contributed by atoms with Gasteiger partial charge in [0.1, 0.15) is 0 Å². The van der Waals surface area contributed by atoms with Crippen LogP contribution in [0.4, 0.5) is 0 Å². The van der Waals surface area contributed by atoms with Crippen LogP contribution in [0.2, 0.25) is 0 Å². The molecule has 2 rings (SSSR count). The molecule has 21 heavy (non-hydrogen) atoms.